The SMILES string of the molecule is C[C@H](c1cccc([N+](=O)[O-])c1)N(C)CC(=O)NC1(C#N)CCCC1. The van der Waals surface area contributed by atoms with Gasteiger partial charge in [-0.1, -0.05) is 12.1 Å². The molecular formula is C17H22N4O3. The summed E-state index contributed by atoms with van der Waals surface area (Å²) in [5, 5.41) is 23.1. The minimum absolute atomic E-state index is 0.0339. The van der Waals surface area contributed by atoms with E-state index in [0.717, 1.165) is 18.4 Å². The normalized spacial score (nSPS) is 17.2. The highest BCUT2D eigenvalue weighted by atomic mass is 16.6. The monoisotopic (exact) mass is 330 g/mol. The van der Waals surface area contributed by atoms with Gasteiger partial charge in [-0.15, -0.1) is 0 Å². The number of hydrogen-bond donors (Lipinski definition) is 1. The first-order valence-corrected chi connectivity index (χ1v) is 8.04. The summed E-state index contributed by atoms with van der Waals surface area (Å²) in [6.07, 6.45) is 3.29. The minimum Gasteiger partial charge on any atom is -0.337 e. The van der Waals surface area contributed by atoms with Crippen molar-refractivity contribution in [2.75, 3.05) is 13.6 Å². The van der Waals surface area contributed by atoms with Crippen molar-refractivity contribution < 1.29 is 9.72 Å². The van der Waals surface area contributed by atoms with E-state index in [0.29, 0.717) is 12.8 Å². The minimum atomic E-state index is -0.729. The molecule has 0 bridgehead atoms. The molecule has 0 radical (unpaired) electrons. The zero-order valence-corrected chi connectivity index (χ0v) is 14.0. The third-order valence-electron chi connectivity index (χ3n) is 4.67. The summed E-state index contributed by atoms with van der Waals surface area (Å²) in [6.45, 7) is 2.02. The number of nitro benzene ring substituents is 1. The molecule has 1 aliphatic rings. The van der Waals surface area contributed by atoms with Crippen LogP contribution >= 0.6 is 0 Å². The fraction of sp³-hybridized carbons (Fsp3) is 0.529. The number of carbonyl (C=O) groups is 1. The molecule has 1 aromatic carbocycles. The second-order valence-electron chi connectivity index (χ2n) is 6.39. The van der Waals surface area contributed by atoms with Gasteiger partial charge in [0.2, 0.25) is 5.91 Å². The van der Waals surface area contributed by atoms with Crippen LogP contribution in [0.15, 0.2) is 24.3 Å². The number of hydrogen-bond acceptors (Lipinski definition) is 5. The van der Waals surface area contributed by atoms with E-state index in [-0.39, 0.29) is 24.2 Å². The van der Waals surface area contributed by atoms with Crippen molar-refractivity contribution in [3.8, 4) is 6.07 Å². The predicted molar refractivity (Wildman–Crippen MR) is 89.1 cm³/mol. The predicted octanol–water partition coefficient (Wildman–Crippen LogP) is 2.54. The first-order valence-electron chi connectivity index (χ1n) is 8.04. The highest BCUT2D eigenvalue weighted by Crippen LogP contribution is 2.29. The average molecular weight is 330 g/mol. The van der Waals surface area contributed by atoms with E-state index in [4.69, 9.17) is 0 Å². The van der Waals surface area contributed by atoms with Crippen molar-refractivity contribution in [2.24, 2.45) is 0 Å². The third kappa shape index (κ3) is 4.09. The average Bonchev–Trinajstić information content (AvgIpc) is 3.03. The van der Waals surface area contributed by atoms with E-state index in [1.54, 1.807) is 19.2 Å². The summed E-state index contributed by atoms with van der Waals surface area (Å²) in [4.78, 5) is 24.5. The smallest absolute Gasteiger partial charge is 0.269 e. The number of likely N-dealkylation sites (N-methyl/N-ethyl adjacent to an activating group) is 1. The maximum absolute atomic E-state index is 12.3. The number of nitriles is 1. The molecule has 128 valence electrons. The molecule has 1 amide bonds. The largest absolute Gasteiger partial charge is 0.337 e. The molecule has 0 spiro atoms. The van der Waals surface area contributed by atoms with Crippen molar-refractivity contribution in [2.45, 2.75) is 44.2 Å². The Labute approximate surface area is 141 Å². The number of rotatable bonds is 6. The molecular weight excluding hydrogens is 308 g/mol. The highest BCUT2D eigenvalue weighted by molar-refractivity contribution is 5.79. The van der Waals surface area contributed by atoms with Crippen LogP contribution in [-0.2, 0) is 4.79 Å². The summed E-state index contributed by atoms with van der Waals surface area (Å²) in [6, 6.07) is 8.49. The van der Waals surface area contributed by atoms with E-state index in [1.165, 1.54) is 12.1 Å². The number of nitrogens with one attached hydrogen (secondary N) is 1. The molecule has 0 aromatic heterocycles. The second kappa shape index (κ2) is 7.41. The molecule has 1 aromatic rings. The fourth-order valence-corrected chi connectivity index (χ4v) is 3.07. The van der Waals surface area contributed by atoms with Gasteiger partial charge in [0, 0.05) is 18.2 Å². The number of nitrogens with zero attached hydrogens (tertiary/aromatic N) is 3. The number of nitro groups is 1. The molecule has 0 aliphatic heterocycles. The topological polar surface area (TPSA) is 99.3 Å². The Morgan fingerprint density at radius 2 is 2.17 bits per heavy atom. The van der Waals surface area contributed by atoms with Crippen LogP contribution in [0.2, 0.25) is 0 Å². The fourth-order valence-electron chi connectivity index (χ4n) is 3.07. The maximum atomic E-state index is 12.3. The molecule has 1 fully saturated rings. The molecule has 0 unspecified atom stereocenters. The van der Waals surface area contributed by atoms with Gasteiger partial charge in [0.15, 0.2) is 0 Å². The molecule has 0 heterocycles. The van der Waals surface area contributed by atoms with E-state index >= 15 is 0 Å². The number of carbonyl (C=O) groups excluding carboxylic acids is 1. The van der Waals surface area contributed by atoms with Crippen LogP contribution < -0.4 is 5.32 Å². The molecule has 1 saturated carbocycles. The van der Waals surface area contributed by atoms with Crippen LogP contribution in [0.25, 0.3) is 0 Å². The summed E-state index contributed by atoms with van der Waals surface area (Å²) in [5.74, 6) is -0.196. The van der Waals surface area contributed by atoms with Gasteiger partial charge < -0.3 is 5.32 Å². The molecule has 7 nitrogen and oxygen atoms in total. The van der Waals surface area contributed by atoms with E-state index < -0.39 is 10.5 Å². The number of benzene rings is 1. The standard InChI is InChI=1S/C17H22N4O3/c1-13(14-6-5-7-15(10-14)21(23)24)20(2)11-16(22)19-17(12-18)8-3-4-9-17/h5-7,10,13H,3-4,8-9,11H2,1-2H3,(H,19,22)/t13-/m1/s1. The summed E-state index contributed by atoms with van der Waals surface area (Å²) in [5.41, 5.74) is 0.0779. The summed E-state index contributed by atoms with van der Waals surface area (Å²) >= 11 is 0. The molecule has 0 saturated heterocycles. The summed E-state index contributed by atoms with van der Waals surface area (Å²) < 4.78 is 0. The van der Waals surface area contributed by atoms with Crippen molar-refractivity contribution >= 4 is 11.6 Å². The lowest BCUT2D eigenvalue weighted by molar-refractivity contribution is -0.384. The van der Waals surface area contributed by atoms with Gasteiger partial charge in [0.05, 0.1) is 17.5 Å². The van der Waals surface area contributed by atoms with Gasteiger partial charge in [-0.3, -0.25) is 19.8 Å². The van der Waals surface area contributed by atoms with Gasteiger partial charge in [0.1, 0.15) is 5.54 Å². The van der Waals surface area contributed by atoms with Crippen LogP contribution in [0.1, 0.15) is 44.2 Å². The zero-order chi connectivity index (χ0) is 17.7. The highest BCUT2D eigenvalue weighted by Gasteiger charge is 2.35. The summed E-state index contributed by atoms with van der Waals surface area (Å²) in [7, 11) is 1.79. The Bertz CT molecular complexity index is 662. The third-order valence-corrected chi connectivity index (χ3v) is 4.67. The first kappa shape index (κ1) is 17.9. The number of amides is 1. The Hall–Kier alpha value is -2.46. The van der Waals surface area contributed by atoms with Crippen molar-refractivity contribution in [3.05, 3.63) is 39.9 Å². The van der Waals surface area contributed by atoms with Crippen LogP contribution in [-0.4, -0.2) is 34.9 Å². The zero-order valence-electron chi connectivity index (χ0n) is 14.0. The molecule has 7 heteroatoms. The van der Waals surface area contributed by atoms with Crippen LogP contribution in [0.4, 0.5) is 5.69 Å². The lowest BCUT2D eigenvalue weighted by Crippen LogP contribution is -2.48. The Morgan fingerprint density at radius 3 is 2.75 bits per heavy atom. The Morgan fingerprint density at radius 1 is 1.50 bits per heavy atom. The van der Waals surface area contributed by atoms with Crippen molar-refractivity contribution in [3.63, 3.8) is 0 Å². The molecule has 2 rings (SSSR count). The van der Waals surface area contributed by atoms with Crippen molar-refractivity contribution in [1.82, 2.24) is 10.2 Å². The van der Waals surface area contributed by atoms with Gasteiger partial charge in [-0.2, -0.15) is 5.26 Å². The van der Waals surface area contributed by atoms with Gasteiger partial charge in [0.25, 0.3) is 5.69 Å². The van der Waals surface area contributed by atoms with Crippen LogP contribution in [0, 0.1) is 21.4 Å². The molecule has 1 aliphatic carbocycles. The van der Waals surface area contributed by atoms with E-state index in [9.17, 15) is 20.2 Å². The first-order chi connectivity index (χ1) is 11.4. The second-order valence-corrected chi connectivity index (χ2v) is 6.39. The van der Waals surface area contributed by atoms with Gasteiger partial charge >= 0.3 is 0 Å². The quantitative estimate of drug-likeness (QED) is 0.638. The van der Waals surface area contributed by atoms with Gasteiger partial charge in [-0.05, 0) is 45.2 Å². The molecule has 24 heavy (non-hydrogen) atoms. The lowest BCUT2D eigenvalue weighted by Gasteiger charge is -2.27. The Balaban J connectivity index is 1.99. The lowest BCUT2D eigenvalue weighted by atomic mass is 10.00. The van der Waals surface area contributed by atoms with Crippen molar-refractivity contribution in [1.29, 1.82) is 5.26 Å². The van der Waals surface area contributed by atoms with E-state index in [1.807, 2.05) is 11.8 Å². The van der Waals surface area contributed by atoms with E-state index in [2.05, 4.69) is 11.4 Å². The Kier molecular flexibility index (Phi) is 5.52. The van der Waals surface area contributed by atoms with Crippen LogP contribution in [0.3, 0.4) is 0 Å². The van der Waals surface area contributed by atoms with Crippen LogP contribution in [0.5, 0.6) is 0 Å². The molecule has 1 N–H and O–H groups in total. The molecule has 1 atom stereocenters. The number of non-ortho nitro benzene ring substituents is 1. The maximum Gasteiger partial charge on any atom is 0.269 e. The van der Waals surface area contributed by atoms with Gasteiger partial charge in [-0.25, -0.2) is 0 Å².